The number of carbonyl (C=O) groups excluding carboxylic acids is 1. The number of benzene rings is 2. The van der Waals surface area contributed by atoms with Gasteiger partial charge in [-0.05, 0) is 86.9 Å². The largest absolute Gasteiger partial charge is 0.491 e. The molecule has 0 aromatic heterocycles. The highest BCUT2D eigenvalue weighted by Gasteiger charge is 2.23. The van der Waals surface area contributed by atoms with E-state index in [4.69, 9.17) is 4.74 Å². The minimum atomic E-state index is -3.64. The van der Waals surface area contributed by atoms with Crippen LogP contribution in [0.5, 0.6) is 5.75 Å². The van der Waals surface area contributed by atoms with Gasteiger partial charge in [-0.3, -0.25) is 9.10 Å². The summed E-state index contributed by atoms with van der Waals surface area (Å²) in [5, 5.41) is 3.03. The number of hydrogen-bond donors (Lipinski definition) is 1. The Morgan fingerprint density at radius 1 is 1.06 bits per heavy atom. The minimum Gasteiger partial charge on any atom is -0.491 e. The van der Waals surface area contributed by atoms with Crippen LogP contribution in [0.2, 0.25) is 0 Å². The monoisotopic (exact) mass is 458 g/mol. The molecule has 32 heavy (non-hydrogen) atoms. The SMILES string of the molecule is CCC(NC(=O)CN(c1ccc(OC(C)C)cc1)S(C)(=O)=O)c1ccc2c(c1)CCCC2. The van der Waals surface area contributed by atoms with E-state index in [1.54, 1.807) is 24.3 Å². The zero-order chi connectivity index (χ0) is 23.3. The normalized spacial score (nSPS) is 14.5. The predicted octanol–water partition coefficient (Wildman–Crippen LogP) is 4.39. The van der Waals surface area contributed by atoms with Crippen molar-refractivity contribution in [2.45, 2.75) is 65.0 Å². The van der Waals surface area contributed by atoms with Crippen LogP contribution in [-0.2, 0) is 27.7 Å². The lowest BCUT2D eigenvalue weighted by molar-refractivity contribution is -0.120. The van der Waals surface area contributed by atoms with E-state index in [9.17, 15) is 13.2 Å². The second kappa shape index (κ2) is 10.4. The van der Waals surface area contributed by atoms with Gasteiger partial charge in [0.1, 0.15) is 12.3 Å². The van der Waals surface area contributed by atoms with E-state index in [0.29, 0.717) is 11.4 Å². The van der Waals surface area contributed by atoms with Crippen LogP contribution in [0, 0.1) is 0 Å². The molecule has 1 aliphatic carbocycles. The molecule has 7 heteroatoms. The number of hydrogen-bond acceptors (Lipinski definition) is 4. The van der Waals surface area contributed by atoms with Gasteiger partial charge in [-0.15, -0.1) is 0 Å². The number of anilines is 1. The molecule has 2 aromatic rings. The Morgan fingerprint density at radius 2 is 1.72 bits per heavy atom. The quantitative estimate of drug-likeness (QED) is 0.605. The van der Waals surface area contributed by atoms with Crippen LogP contribution in [-0.4, -0.2) is 33.2 Å². The number of fused-ring (bicyclic) bond motifs is 1. The number of aryl methyl sites for hydroxylation is 2. The standard InChI is InChI=1S/C25H34N2O4S/c1-5-24(21-11-10-19-8-6-7-9-20(19)16-21)26-25(28)17-27(32(4,29)30)22-12-14-23(15-13-22)31-18(2)3/h10-16,18,24H,5-9,17H2,1-4H3,(H,26,28). The number of nitrogens with one attached hydrogen (secondary N) is 1. The summed E-state index contributed by atoms with van der Waals surface area (Å²) in [6.07, 6.45) is 6.47. The maximum Gasteiger partial charge on any atom is 0.241 e. The second-order valence-corrected chi connectivity index (χ2v) is 10.6. The zero-order valence-electron chi connectivity index (χ0n) is 19.4. The molecule has 0 saturated carbocycles. The summed E-state index contributed by atoms with van der Waals surface area (Å²) in [4.78, 5) is 12.9. The molecule has 0 heterocycles. The third kappa shape index (κ3) is 6.25. The summed E-state index contributed by atoms with van der Waals surface area (Å²) in [6, 6.07) is 13.0. The summed E-state index contributed by atoms with van der Waals surface area (Å²) in [5.74, 6) is 0.322. The van der Waals surface area contributed by atoms with Crippen molar-refractivity contribution in [3.05, 3.63) is 59.2 Å². The summed E-state index contributed by atoms with van der Waals surface area (Å²) in [5.41, 5.74) is 4.26. The van der Waals surface area contributed by atoms with E-state index in [0.717, 1.165) is 35.4 Å². The van der Waals surface area contributed by atoms with Gasteiger partial charge < -0.3 is 10.1 Å². The first-order valence-electron chi connectivity index (χ1n) is 11.3. The second-order valence-electron chi connectivity index (χ2n) is 8.69. The predicted molar refractivity (Wildman–Crippen MR) is 129 cm³/mol. The van der Waals surface area contributed by atoms with E-state index < -0.39 is 10.0 Å². The molecule has 3 rings (SSSR count). The summed E-state index contributed by atoms with van der Waals surface area (Å²) in [7, 11) is -3.64. The van der Waals surface area contributed by atoms with Crippen LogP contribution in [0.25, 0.3) is 0 Å². The fourth-order valence-electron chi connectivity index (χ4n) is 4.12. The van der Waals surface area contributed by atoms with Crippen molar-refractivity contribution in [3.63, 3.8) is 0 Å². The molecule has 0 spiro atoms. The molecule has 0 bridgehead atoms. The third-order valence-electron chi connectivity index (χ3n) is 5.70. The molecule has 0 fully saturated rings. The number of rotatable bonds is 9. The van der Waals surface area contributed by atoms with Crippen molar-refractivity contribution in [1.82, 2.24) is 5.32 Å². The van der Waals surface area contributed by atoms with Crippen LogP contribution in [0.15, 0.2) is 42.5 Å². The maximum atomic E-state index is 12.9. The first-order chi connectivity index (χ1) is 15.2. The Kier molecular flexibility index (Phi) is 7.82. The Bertz CT molecular complexity index is 1030. The van der Waals surface area contributed by atoms with Gasteiger partial charge >= 0.3 is 0 Å². The topological polar surface area (TPSA) is 75.7 Å². The molecule has 174 valence electrons. The van der Waals surface area contributed by atoms with Crippen LogP contribution >= 0.6 is 0 Å². The average molecular weight is 459 g/mol. The maximum absolute atomic E-state index is 12.9. The fraction of sp³-hybridized carbons (Fsp3) is 0.480. The molecule has 1 unspecified atom stereocenters. The Labute approximate surface area is 192 Å². The number of nitrogens with zero attached hydrogens (tertiary/aromatic N) is 1. The first kappa shape index (κ1) is 24.1. The van der Waals surface area contributed by atoms with E-state index in [1.165, 1.54) is 24.0 Å². The van der Waals surface area contributed by atoms with E-state index >= 15 is 0 Å². The number of carbonyl (C=O) groups is 1. The molecule has 0 aliphatic heterocycles. The van der Waals surface area contributed by atoms with Gasteiger partial charge in [0.25, 0.3) is 0 Å². The van der Waals surface area contributed by atoms with Crippen LogP contribution in [0.1, 0.15) is 62.8 Å². The van der Waals surface area contributed by atoms with Crippen molar-refractivity contribution in [1.29, 1.82) is 0 Å². The van der Waals surface area contributed by atoms with Crippen molar-refractivity contribution in [3.8, 4) is 5.75 Å². The lowest BCUT2D eigenvalue weighted by atomic mass is 9.89. The lowest BCUT2D eigenvalue weighted by Gasteiger charge is -2.25. The van der Waals surface area contributed by atoms with E-state index in [-0.39, 0.29) is 24.6 Å². The Morgan fingerprint density at radius 3 is 2.31 bits per heavy atom. The van der Waals surface area contributed by atoms with Crippen molar-refractivity contribution in [2.75, 3.05) is 17.1 Å². The molecule has 0 radical (unpaired) electrons. The van der Waals surface area contributed by atoms with Crippen molar-refractivity contribution >= 4 is 21.6 Å². The van der Waals surface area contributed by atoms with Crippen molar-refractivity contribution in [2.24, 2.45) is 0 Å². The highest BCUT2D eigenvalue weighted by atomic mass is 32.2. The fourth-order valence-corrected chi connectivity index (χ4v) is 4.98. The van der Waals surface area contributed by atoms with Gasteiger partial charge in [-0.2, -0.15) is 0 Å². The van der Waals surface area contributed by atoms with E-state index in [2.05, 4.69) is 23.5 Å². The molecule has 1 N–H and O–H groups in total. The summed E-state index contributed by atoms with van der Waals surface area (Å²) in [6.45, 7) is 5.60. The molecular formula is C25H34N2O4S. The van der Waals surface area contributed by atoms with Gasteiger partial charge in [0, 0.05) is 0 Å². The highest BCUT2D eigenvalue weighted by Crippen LogP contribution is 2.26. The molecule has 1 atom stereocenters. The van der Waals surface area contributed by atoms with Gasteiger partial charge in [0.15, 0.2) is 0 Å². The summed E-state index contributed by atoms with van der Waals surface area (Å²) < 4.78 is 31.6. The van der Waals surface area contributed by atoms with Gasteiger partial charge in [-0.25, -0.2) is 8.42 Å². The Balaban J connectivity index is 1.73. The molecule has 1 amide bonds. The summed E-state index contributed by atoms with van der Waals surface area (Å²) >= 11 is 0. The van der Waals surface area contributed by atoms with Crippen LogP contribution < -0.4 is 14.4 Å². The van der Waals surface area contributed by atoms with Gasteiger partial charge in [0.05, 0.1) is 24.1 Å². The third-order valence-corrected chi connectivity index (χ3v) is 6.84. The average Bonchev–Trinajstić information content (AvgIpc) is 2.75. The molecule has 6 nitrogen and oxygen atoms in total. The van der Waals surface area contributed by atoms with Crippen LogP contribution in [0.4, 0.5) is 5.69 Å². The van der Waals surface area contributed by atoms with Crippen LogP contribution in [0.3, 0.4) is 0 Å². The number of ether oxygens (including phenoxy) is 1. The molecule has 2 aromatic carbocycles. The molecule has 0 saturated heterocycles. The van der Waals surface area contributed by atoms with Crippen molar-refractivity contribution < 1.29 is 17.9 Å². The number of amides is 1. The minimum absolute atomic E-state index is 0.0206. The smallest absolute Gasteiger partial charge is 0.241 e. The zero-order valence-corrected chi connectivity index (χ0v) is 20.2. The molecule has 1 aliphatic rings. The lowest BCUT2D eigenvalue weighted by Crippen LogP contribution is -2.41. The van der Waals surface area contributed by atoms with Gasteiger partial charge in [-0.1, -0.05) is 25.1 Å². The van der Waals surface area contributed by atoms with E-state index in [1.807, 2.05) is 20.8 Å². The highest BCUT2D eigenvalue weighted by molar-refractivity contribution is 7.92. The number of sulfonamides is 1. The Hall–Kier alpha value is -2.54. The van der Waals surface area contributed by atoms with Gasteiger partial charge in [0.2, 0.25) is 15.9 Å². The molecular weight excluding hydrogens is 424 g/mol. The first-order valence-corrected chi connectivity index (χ1v) is 13.2.